The Kier molecular flexibility index (Phi) is 2.87. The van der Waals surface area contributed by atoms with Crippen molar-refractivity contribution in [1.29, 1.82) is 0 Å². The molecular weight excluding hydrogens is 250 g/mol. The predicted octanol–water partition coefficient (Wildman–Crippen LogP) is 1.84. The van der Waals surface area contributed by atoms with Crippen molar-refractivity contribution in [3.63, 3.8) is 0 Å². The van der Waals surface area contributed by atoms with Crippen LogP contribution < -0.4 is 0 Å². The van der Waals surface area contributed by atoms with Crippen molar-refractivity contribution in [2.75, 3.05) is 11.5 Å². The van der Waals surface area contributed by atoms with E-state index >= 15 is 0 Å². The SMILES string of the molecule is Cc1cccnc1-c1noc(C2CSCC2=O)n1. The average Bonchev–Trinajstić information content (AvgIpc) is 2.98. The van der Waals surface area contributed by atoms with Crippen LogP contribution in [0, 0.1) is 6.92 Å². The molecule has 0 aromatic carbocycles. The third-order valence-corrected chi connectivity index (χ3v) is 3.94. The summed E-state index contributed by atoms with van der Waals surface area (Å²) in [5.74, 6) is 2.03. The molecule has 0 spiro atoms. The number of hydrogen-bond acceptors (Lipinski definition) is 6. The van der Waals surface area contributed by atoms with E-state index in [-0.39, 0.29) is 11.7 Å². The molecule has 92 valence electrons. The van der Waals surface area contributed by atoms with Gasteiger partial charge in [-0.1, -0.05) is 11.2 Å². The second-order valence-electron chi connectivity index (χ2n) is 4.16. The van der Waals surface area contributed by atoms with Crippen molar-refractivity contribution in [2.24, 2.45) is 0 Å². The van der Waals surface area contributed by atoms with Gasteiger partial charge in [0, 0.05) is 11.9 Å². The summed E-state index contributed by atoms with van der Waals surface area (Å²) in [7, 11) is 0. The summed E-state index contributed by atoms with van der Waals surface area (Å²) in [5.41, 5.74) is 1.68. The quantitative estimate of drug-likeness (QED) is 0.821. The number of carbonyl (C=O) groups is 1. The summed E-state index contributed by atoms with van der Waals surface area (Å²) < 4.78 is 5.19. The molecule has 1 atom stereocenters. The number of hydrogen-bond donors (Lipinski definition) is 0. The molecule has 0 aliphatic carbocycles. The maximum Gasteiger partial charge on any atom is 0.238 e. The van der Waals surface area contributed by atoms with Gasteiger partial charge in [0.25, 0.3) is 0 Å². The Morgan fingerprint density at radius 1 is 1.50 bits per heavy atom. The summed E-state index contributed by atoms with van der Waals surface area (Å²) >= 11 is 1.60. The van der Waals surface area contributed by atoms with Crippen LogP contribution in [0.25, 0.3) is 11.5 Å². The molecular formula is C12H11N3O2S. The van der Waals surface area contributed by atoms with Crippen molar-refractivity contribution in [3.05, 3.63) is 29.8 Å². The number of thioether (sulfide) groups is 1. The molecule has 2 aromatic rings. The maximum absolute atomic E-state index is 11.6. The van der Waals surface area contributed by atoms with Crippen LogP contribution in [0.5, 0.6) is 0 Å². The molecule has 0 bridgehead atoms. The monoisotopic (exact) mass is 261 g/mol. The van der Waals surface area contributed by atoms with Gasteiger partial charge in [-0.3, -0.25) is 9.78 Å². The van der Waals surface area contributed by atoms with E-state index in [1.165, 1.54) is 0 Å². The van der Waals surface area contributed by atoms with E-state index in [1.54, 1.807) is 18.0 Å². The molecule has 1 aliphatic rings. The lowest BCUT2D eigenvalue weighted by molar-refractivity contribution is -0.117. The van der Waals surface area contributed by atoms with Crippen LogP contribution in [-0.2, 0) is 4.79 Å². The Morgan fingerprint density at radius 3 is 3.11 bits per heavy atom. The normalized spacial score (nSPS) is 19.4. The van der Waals surface area contributed by atoms with Crippen molar-refractivity contribution in [1.82, 2.24) is 15.1 Å². The molecule has 18 heavy (non-hydrogen) atoms. The van der Waals surface area contributed by atoms with E-state index in [0.29, 0.717) is 23.2 Å². The Morgan fingerprint density at radius 2 is 2.39 bits per heavy atom. The lowest BCUT2D eigenvalue weighted by Crippen LogP contribution is -2.09. The minimum absolute atomic E-state index is 0.160. The first-order chi connectivity index (χ1) is 8.75. The van der Waals surface area contributed by atoms with E-state index in [9.17, 15) is 4.79 Å². The summed E-state index contributed by atoms with van der Waals surface area (Å²) in [6.45, 7) is 1.94. The molecule has 2 aromatic heterocycles. The lowest BCUT2D eigenvalue weighted by atomic mass is 10.1. The third kappa shape index (κ3) is 1.92. The summed E-state index contributed by atoms with van der Waals surface area (Å²) in [4.78, 5) is 20.2. The van der Waals surface area contributed by atoms with Crippen LogP contribution in [0.1, 0.15) is 17.4 Å². The molecule has 1 fully saturated rings. The molecule has 0 amide bonds. The van der Waals surface area contributed by atoms with E-state index < -0.39 is 0 Å². The van der Waals surface area contributed by atoms with E-state index in [2.05, 4.69) is 15.1 Å². The maximum atomic E-state index is 11.6. The Balaban J connectivity index is 1.95. The number of carbonyl (C=O) groups excluding carboxylic acids is 1. The molecule has 1 saturated heterocycles. The highest BCUT2D eigenvalue weighted by Crippen LogP contribution is 2.29. The number of ketones is 1. The van der Waals surface area contributed by atoms with Gasteiger partial charge in [0.05, 0.1) is 5.75 Å². The summed E-state index contributed by atoms with van der Waals surface area (Å²) in [5, 5.41) is 3.92. The molecule has 1 unspecified atom stereocenters. The van der Waals surface area contributed by atoms with Gasteiger partial charge in [0.1, 0.15) is 11.6 Å². The zero-order valence-electron chi connectivity index (χ0n) is 9.79. The van der Waals surface area contributed by atoms with Gasteiger partial charge in [0.2, 0.25) is 11.7 Å². The van der Waals surface area contributed by atoms with Gasteiger partial charge < -0.3 is 4.52 Å². The Bertz CT molecular complexity index is 597. The fourth-order valence-electron chi connectivity index (χ4n) is 1.87. The molecule has 3 rings (SSSR count). The van der Waals surface area contributed by atoms with Gasteiger partial charge in [-0.05, 0) is 18.6 Å². The van der Waals surface area contributed by atoms with E-state index in [1.807, 2.05) is 19.1 Å². The van der Waals surface area contributed by atoms with Crippen LogP contribution in [-0.4, -0.2) is 32.4 Å². The lowest BCUT2D eigenvalue weighted by Gasteiger charge is -1.98. The van der Waals surface area contributed by atoms with Gasteiger partial charge >= 0.3 is 0 Å². The molecule has 3 heterocycles. The summed E-state index contributed by atoms with van der Waals surface area (Å²) in [6, 6.07) is 3.80. The zero-order chi connectivity index (χ0) is 12.5. The van der Waals surface area contributed by atoms with Crippen molar-refractivity contribution in [2.45, 2.75) is 12.8 Å². The number of pyridine rings is 1. The van der Waals surface area contributed by atoms with Crippen LogP contribution in [0.3, 0.4) is 0 Å². The highest BCUT2D eigenvalue weighted by atomic mass is 32.2. The van der Waals surface area contributed by atoms with Crippen LogP contribution >= 0.6 is 11.8 Å². The zero-order valence-corrected chi connectivity index (χ0v) is 10.6. The predicted molar refractivity (Wildman–Crippen MR) is 67.3 cm³/mol. The Hall–Kier alpha value is -1.69. The first kappa shape index (κ1) is 11.4. The number of nitrogens with zero attached hydrogens (tertiary/aromatic N) is 3. The van der Waals surface area contributed by atoms with Gasteiger partial charge in [0.15, 0.2) is 5.78 Å². The van der Waals surface area contributed by atoms with Crippen LogP contribution in [0.4, 0.5) is 0 Å². The summed E-state index contributed by atoms with van der Waals surface area (Å²) in [6.07, 6.45) is 1.69. The average molecular weight is 261 g/mol. The minimum atomic E-state index is -0.250. The first-order valence-corrected chi connectivity index (χ1v) is 6.77. The third-order valence-electron chi connectivity index (χ3n) is 2.88. The molecule has 5 nitrogen and oxygen atoms in total. The first-order valence-electron chi connectivity index (χ1n) is 5.62. The second-order valence-corrected chi connectivity index (χ2v) is 5.19. The van der Waals surface area contributed by atoms with E-state index in [4.69, 9.17) is 4.52 Å². The van der Waals surface area contributed by atoms with Crippen LogP contribution in [0.15, 0.2) is 22.9 Å². The molecule has 0 saturated carbocycles. The van der Waals surface area contributed by atoms with E-state index in [0.717, 1.165) is 11.3 Å². The minimum Gasteiger partial charge on any atom is -0.338 e. The number of Topliss-reactive ketones (excluding diaryl/α,β-unsaturated/α-hetero) is 1. The van der Waals surface area contributed by atoms with Gasteiger partial charge in [-0.25, -0.2) is 0 Å². The van der Waals surface area contributed by atoms with Crippen molar-refractivity contribution in [3.8, 4) is 11.5 Å². The molecule has 6 heteroatoms. The number of rotatable bonds is 2. The standard InChI is InChI=1S/C12H11N3O2S/c1-7-3-2-4-13-10(7)11-14-12(17-15-11)8-5-18-6-9(8)16/h2-4,8H,5-6H2,1H3. The van der Waals surface area contributed by atoms with Crippen molar-refractivity contribution < 1.29 is 9.32 Å². The second kappa shape index (κ2) is 4.53. The highest BCUT2D eigenvalue weighted by molar-refractivity contribution is 8.00. The largest absolute Gasteiger partial charge is 0.338 e. The van der Waals surface area contributed by atoms with Crippen LogP contribution in [0.2, 0.25) is 0 Å². The van der Waals surface area contributed by atoms with Gasteiger partial charge in [-0.2, -0.15) is 16.7 Å². The van der Waals surface area contributed by atoms with Gasteiger partial charge in [-0.15, -0.1) is 0 Å². The molecule has 1 aliphatic heterocycles. The number of aromatic nitrogens is 3. The fraction of sp³-hybridized carbons (Fsp3) is 0.333. The highest BCUT2D eigenvalue weighted by Gasteiger charge is 2.31. The topological polar surface area (TPSA) is 68.9 Å². The molecule has 0 N–H and O–H groups in total. The fourth-order valence-corrected chi connectivity index (χ4v) is 2.96. The Labute approximate surface area is 108 Å². The molecule has 0 radical (unpaired) electrons. The number of aryl methyl sites for hydroxylation is 1. The smallest absolute Gasteiger partial charge is 0.238 e. The van der Waals surface area contributed by atoms with Crippen molar-refractivity contribution >= 4 is 17.5 Å².